The van der Waals surface area contributed by atoms with Crippen molar-refractivity contribution in [1.82, 2.24) is 15.5 Å². The third kappa shape index (κ3) is 6.44. The maximum Gasteiger partial charge on any atom is 0.292 e. The van der Waals surface area contributed by atoms with Crippen molar-refractivity contribution in [2.75, 3.05) is 38.5 Å². The quantitative estimate of drug-likeness (QED) is 0.125. The van der Waals surface area contributed by atoms with Crippen LogP contribution >= 0.6 is 24.0 Å². The molecule has 0 aromatic heterocycles. The van der Waals surface area contributed by atoms with Crippen LogP contribution in [0.2, 0.25) is 0 Å². The average molecular weight is 530 g/mol. The van der Waals surface area contributed by atoms with Gasteiger partial charge in [-0.1, -0.05) is 25.0 Å². The molecule has 166 valence electrons. The fourth-order valence-electron chi connectivity index (χ4n) is 4.06. The van der Waals surface area contributed by atoms with Gasteiger partial charge < -0.3 is 20.9 Å². The number of amides is 1. The Labute approximate surface area is 194 Å². The van der Waals surface area contributed by atoms with E-state index in [0.29, 0.717) is 37.2 Å². The Morgan fingerprint density at radius 2 is 1.97 bits per heavy atom. The lowest BCUT2D eigenvalue weighted by atomic mass is 10.1. The minimum Gasteiger partial charge on any atom is -0.378 e. The van der Waals surface area contributed by atoms with Gasteiger partial charge in [0.1, 0.15) is 5.69 Å². The van der Waals surface area contributed by atoms with Crippen LogP contribution < -0.4 is 16.0 Å². The third-order valence-corrected chi connectivity index (χ3v) is 5.60. The number of nitrogens with one attached hydrogen (secondary N) is 3. The molecule has 3 N–H and O–H groups in total. The number of nitro benzene ring substituents is 1. The summed E-state index contributed by atoms with van der Waals surface area (Å²) in [6, 6.07) is 6.78. The molecule has 1 amide bonds. The molecule has 2 fully saturated rings. The van der Waals surface area contributed by atoms with Crippen molar-refractivity contribution < 1.29 is 9.72 Å². The van der Waals surface area contributed by atoms with Gasteiger partial charge in [0.15, 0.2) is 5.96 Å². The number of benzene rings is 1. The van der Waals surface area contributed by atoms with Crippen molar-refractivity contribution in [1.29, 1.82) is 0 Å². The van der Waals surface area contributed by atoms with E-state index in [0.717, 1.165) is 25.8 Å². The highest BCUT2D eigenvalue weighted by Gasteiger charge is 2.32. The number of rotatable bonds is 7. The van der Waals surface area contributed by atoms with Gasteiger partial charge in [-0.25, -0.2) is 0 Å². The molecule has 1 aliphatic carbocycles. The third-order valence-electron chi connectivity index (χ3n) is 5.60. The molecular formula is C20H31IN6O3. The number of carbonyl (C=O) groups excluding carboxylic acids is 1. The topological polar surface area (TPSA) is 112 Å². The Morgan fingerprint density at radius 3 is 2.67 bits per heavy atom. The highest BCUT2D eigenvalue weighted by atomic mass is 127. The first-order chi connectivity index (χ1) is 14.1. The molecule has 1 aliphatic heterocycles. The molecule has 1 atom stereocenters. The van der Waals surface area contributed by atoms with Crippen LogP contribution in [0.4, 0.5) is 11.4 Å². The van der Waals surface area contributed by atoms with Crippen LogP contribution in [0.5, 0.6) is 0 Å². The Kier molecular flexibility index (Phi) is 9.60. The van der Waals surface area contributed by atoms with Crippen molar-refractivity contribution >= 4 is 47.2 Å². The van der Waals surface area contributed by atoms with Gasteiger partial charge >= 0.3 is 0 Å². The molecule has 0 bridgehead atoms. The van der Waals surface area contributed by atoms with Crippen molar-refractivity contribution in [3.63, 3.8) is 0 Å². The summed E-state index contributed by atoms with van der Waals surface area (Å²) in [6.07, 6.45) is 5.31. The van der Waals surface area contributed by atoms with E-state index in [2.05, 4.69) is 20.9 Å². The van der Waals surface area contributed by atoms with Gasteiger partial charge in [-0.2, -0.15) is 0 Å². The number of hydrogen-bond donors (Lipinski definition) is 3. The number of para-hydroxylation sites is 2. The van der Waals surface area contributed by atoms with Crippen molar-refractivity contribution in [2.24, 2.45) is 10.9 Å². The number of carbonyl (C=O) groups is 1. The average Bonchev–Trinajstić information content (AvgIpc) is 3.42. The molecule has 3 rings (SSSR count). The summed E-state index contributed by atoms with van der Waals surface area (Å²) in [4.78, 5) is 29.5. The number of hydrogen-bond acceptors (Lipinski definition) is 5. The number of guanidine groups is 1. The van der Waals surface area contributed by atoms with Crippen molar-refractivity contribution in [3.05, 3.63) is 34.4 Å². The second-order valence-corrected chi connectivity index (χ2v) is 7.60. The molecule has 10 heteroatoms. The molecule has 0 spiro atoms. The van der Waals surface area contributed by atoms with Crippen molar-refractivity contribution in [2.45, 2.75) is 38.1 Å². The van der Waals surface area contributed by atoms with Crippen LogP contribution in [0.3, 0.4) is 0 Å². The SMILES string of the molecule is CN=C(NCCNc1ccccc1[N+](=O)[O-])NC1CCN(C(=O)C2CCCC2)C1.I. The Balaban J connectivity index is 0.00000320. The summed E-state index contributed by atoms with van der Waals surface area (Å²) < 4.78 is 0. The highest BCUT2D eigenvalue weighted by molar-refractivity contribution is 14.0. The van der Waals surface area contributed by atoms with Gasteiger partial charge in [-0.05, 0) is 25.3 Å². The zero-order chi connectivity index (χ0) is 20.6. The minimum atomic E-state index is -0.394. The van der Waals surface area contributed by atoms with Gasteiger partial charge in [0, 0.05) is 51.3 Å². The molecule has 1 heterocycles. The van der Waals surface area contributed by atoms with E-state index in [1.165, 1.54) is 18.9 Å². The van der Waals surface area contributed by atoms with Crippen LogP contribution in [-0.4, -0.2) is 61.0 Å². The Morgan fingerprint density at radius 1 is 1.23 bits per heavy atom. The number of aliphatic imine (C=N–C) groups is 1. The first-order valence-corrected chi connectivity index (χ1v) is 10.3. The summed E-state index contributed by atoms with van der Waals surface area (Å²) in [5.41, 5.74) is 0.562. The molecule has 0 radical (unpaired) electrons. The predicted octanol–water partition coefficient (Wildman–Crippen LogP) is 2.58. The largest absolute Gasteiger partial charge is 0.378 e. The number of halogens is 1. The van der Waals surface area contributed by atoms with Crippen LogP contribution in [0.15, 0.2) is 29.3 Å². The lowest BCUT2D eigenvalue weighted by Crippen LogP contribution is -2.46. The standard InChI is InChI=1S/C20H30N6O3.HI/c1-21-20(23-12-11-22-17-8-4-5-9-18(17)26(28)29)24-16-10-13-25(14-16)19(27)15-6-2-3-7-15;/h4-5,8-9,15-16,22H,2-3,6-7,10-14H2,1H3,(H2,21,23,24);1H. The second-order valence-electron chi connectivity index (χ2n) is 7.60. The lowest BCUT2D eigenvalue weighted by molar-refractivity contribution is -0.384. The minimum absolute atomic E-state index is 0. The van der Waals surface area contributed by atoms with Crippen LogP contribution in [0.1, 0.15) is 32.1 Å². The van der Waals surface area contributed by atoms with E-state index < -0.39 is 4.92 Å². The number of anilines is 1. The first-order valence-electron chi connectivity index (χ1n) is 10.3. The zero-order valence-corrected chi connectivity index (χ0v) is 19.6. The van der Waals surface area contributed by atoms with Crippen LogP contribution in [0.25, 0.3) is 0 Å². The Bertz CT molecular complexity index is 754. The number of nitrogens with zero attached hydrogens (tertiary/aromatic N) is 3. The Hall–Kier alpha value is -2.11. The van der Waals surface area contributed by atoms with Crippen molar-refractivity contribution in [3.8, 4) is 0 Å². The lowest BCUT2D eigenvalue weighted by Gasteiger charge is -2.21. The molecular weight excluding hydrogens is 499 g/mol. The number of likely N-dealkylation sites (tertiary alicyclic amines) is 1. The van der Waals surface area contributed by atoms with E-state index in [1.54, 1.807) is 25.2 Å². The van der Waals surface area contributed by atoms with Gasteiger partial charge in [0.25, 0.3) is 5.69 Å². The monoisotopic (exact) mass is 530 g/mol. The van der Waals surface area contributed by atoms with E-state index in [9.17, 15) is 14.9 Å². The molecule has 1 aromatic carbocycles. The van der Waals surface area contributed by atoms with E-state index in [-0.39, 0.29) is 41.6 Å². The summed E-state index contributed by atoms with van der Waals surface area (Å²) in [5.74, 6) is 1.21. The second kappa shape index (κ2) is 11.9. The van der Waals surface area contributed by atoms with Crippen LogP contribution in [-0.2, 0) is 4.79 Å². The smallest absolute Gasteiger partial charge is 0.292 e. The van der Waals surface area contributed by atoms with E-state index >= 15 is 0 Å². The summed E-state index contributed by atoms with van der Waals surface area (Å²) >= 11 is 0. The van der Waals surface area contributed by atoms with E-state index in [4.69, 9.17) is 0 Å². The summed E-state index contributed by atoms with van der Waals surface area (Å²) in [5, 5.41) is 20.7. The van der Waals surface area contributed by atoms with Crippen LogP contribution in [0, 0.1) is 16.0 Å². The summed E-state index contributed by atoms with van der Waals surface area (Å²) in [6.45, 7) is 2.58. The molecule has 1 saturated carbocycles. The highest BCUT2D eigenvalue weighted by Crippen LogP contribution is 2.28. The molecule has 30 heavy (non-hydrogen) atoms. The van der Waals surface area contributed by atoms with Gasteiger partial charge in [0.05, 0.1) is 4.92 Å². The maximum absolute atomic E-state index is 12.6. The van der Waals surface area contributed by atoms with Gasteiger partial charge in [-0.3, -0.25) is 19.9 Å². The van der Waals surface area contributed by atoms with Gasteiger partial charge in [0.2, 0.25) is 5.91 Å². The fraction of sp³-hybridized carbons (Fsp3) is 0.600. The number of nitro groups is 1. The van der Waals surface area contributed by atoms with E-state index in [1.807, 2.05) is 4.90 Å². The fourth-order valence-corrected chi connectivity index (χ4v) is 4.06. The normalized spacial score (nSPS) is 19.3. The molecule has 1 aromatic rings. The molecule has 1 unspecified atom stereocenters. The molecule has 2 aliphatic rings. The first kappa shape index (κ1) is 24.2. The maximum atomic E-state index is 12.6. The van der Waals surface area contributed by atoms with Gasteiger partial charge in [-0.15, -0.1) is 24.0 Å². The molecule has 1 saturated heterocycles. The molecule has 9 nitrogen and oxygen atoms in total. The zero-order valence-electron chi connectivity index (χ0n) is 17.3. The summed E-state index contributed by atoms with van der Waals surface area (Å²) in [7, 11) is 1.71. The predicted molar refractivity (Wildman–Crippen MR) is 128 cm³/mol.